The van der Waals surface area contributed by atoms with E-state index in [2.05, 4.69) is 66.4 Å². The molecule has 15 rings (SSSR count). The molecule has 2 fully saturated rings. The molecule has 2 aliphatic rings. The van der Waals surface area contributed by atoms with E-state index in [1.54, 1.807) is 72.9 Å². The Morgan fingerprint density at radius 2 is 0.674 bits per heavy atom. The van der Waals surface area contributed by atoms with E-state index in [1.165, 1.54) is 104 Å². The van der Waals surface area contributed by atoms with Crippen LogP contribution in [0.2, 0.25) is 0 Å². The van der Waals surface area contributed by atoms with E-state index in [0.717, 1.165) is 44.9 Å². The van der Waals surface area contributed by atoms with Crippen molar-refractivity contribution in [2.24, 2.45) is 11.8 Å². The van der Waals surface area contributed by atoms with Gasteiger partial charge in [-0.3, -0.25) is 94.6 Å². The summed E-state index contributed by atoms with van der Waals surface area (Å²) < 4.78 is 179. The first-order valence-corrected chi connectivity index (χ1v) is 49.6. The number of fused-ring (bicyclic) bond motifs is 4. The molecule has 0 bridgehead atoms. The minimum Gasteiger partial charge on any atom is -0.369 e. The fraction of sp³-hybridized carbons (Fsp3) is 0.349. The van der Waals surface area contributed by atoms with Gasteiger partial charge in [0.15, 0.2) is 67.8 Å². The minimum absolute atomic E-state index is 0.0309. The number of nitrogens with zero attached hydrogens (tertiary/aromatic N) is 12. The Balaban J connectivity index is 0.000000165. The van der Waals surface area contributed by atoms with Crippen molar-refractivity contribution >= 4 is 122 Å². The molecular formula is C86H98F4N20O24P4. The molecule has 12 N–H and O–H groups in total. The second-order valence-corrected chi connectivity index (χ2v) is 38.9. The monoisotopic (exact) mass is 1990 g/mol. The molecule has 734 valence electrons. The second-order valence-electron chi connectivity index (χ2n) is 30.9. The van der Waals surface area contributed by atoms with Crippen molar-refractivity contribution in [1.82, 2.24) is 78.1 Å². The summed E-state index contributed by atoms with van der Waals surface area (Å²) in [6.45, 7) is 2.17. The number of nitrogen functional groups attached to an aromatic ring is 4. The van der Waals surface area contributed by atoms with Gasteiger partial charge in [0.2, 0.25) is 23.8 Å². The zero-order valence-electron chi connectivity index (χ0n) is 73.9. The molecule has 52 heteroatoms. The zero-order valence-corrected chi connectivity index (χ0v) is 77.5. The van der Waals surface area contributed by atoms with Crippen LogP contribution in [0.1, 0.15) is 84.0 Å². The average Bonchev–Trinajstić information content (AvgIpc) is 1.67. The first-order valence-electron chi connectivity index (χ1n) is 42.7. The molecule has 0 amide bonds. The maximum absolute atomic E-state index is 13.5. The highest BCUT2D eigenvalue weighted by molar-refractivity contribution is 7.54. The van der Waals surface area contributed by atoms with Gasteiger partial charge in [0.25, 0.3) is 22.2 Å². The van der Waals surface area contributed by atoms with Gasteiger partial charge < -0.3 is 78.2 Å². The van der Waals surface area contributed by atoms with Crippen molar-refractivity contribution in [3.63, 3.8) is 0 Å². The van der Waals surface area contributed by atoms with Crippen molar-refractivity contribution in [2.45, 2.75) is 104 Å². The number of Topliss-reactive ketones (excluding diaryl/α,β-unsaturated/α-hetero) is 4. The normalized spacial score (nSPS) is 14.5. The van der Waals surface area contributed by atoms with Gasteiger partial charge in [-0.25, -0.2) is 37.5 Å². The highest BCUT2D eigenvalue weighted by Crippen LogP contribution is 2.52. The number of allylic oxidation sites excluding steroid dienone is 1. The van der Waals surface area contributed by atoms with Gasteiger partial charge >= 0.3 is 30.4 Å². The predicted molar refractivity (Wildman–Crippen MR) is 492 cm³/mol. The molecule has 0 aliphatic heterocycles. The largest absolute Gasteiger partial charge is 0.369 e. The number of ketones is 4. The molecule has 8 heterocycles. The molecule has 2 aliphatic carbocycles. The number of imidazole rings is 4. The molecule has 4 unspecified atom stereocenters. The maximum atomic E-state index is 13.5. The zero-order chi connectivity index (χ0) is 98.4. The molecule has 5 aromatic carbocycles. The van der Waals surface area contributed by atoms with Gasteiger partial charge in [0.05, 0.1) is 78.2 Å². The lowest BCUT2D eigenvalue weighted by molar-refractivity contribution is -0.126. The van der Waals surface area contributed by atoms with Crippen LogP contribution in [0.5, 0.6) is 0 Å². The minimum atomic E-state index is -3.93. The van der Waals surface area contributed by atoms with Crippen molar-refractivity contribution in [3.8, 4) is 0 Å². The third-order valence-corrected chi connectivity index (χ3v) is 26.5. The standard InChI is InChI=1S/C23H29FN5O6P.C23H23FN5O6P.2C20H23FN5O6P/c2*24-18-8-4-5-16(11-18)12-34-36(32,35-13-19(30)17-6-2-1-3-7-17)15-33-10-9-29-14-26-20-21(29)27-23(25)28-22(20)31;21-15-3-1-2-13(8-15)9-31-33(29,32-10-16(27)14-4-5-14)12-30-7-6-26-11-23-17-18(26)24-20(22)25-19(17)28;1-2-4-16(27)11-32-33(29,31-10-14-5-3-6-15(21)9-14)13-30-8-7-26-12-23-17-18(26)24-20(22)25-19(17)28/h4-5,8,11,14,17H,1-3,6-7,9-10,12-13,15H2,(H3,25,27,28,31);1-8,11,14H,9-10,12-13,15H2,(H3,25,27,28,31);1-3,8,11,14H,4-7,9-10,12H2,(H3,22,24,25,28);2-3,5-6,9,12H,1,4,7-8,10-11,13H2,(H3,22,24,25,28). The number of rotatable bonds is 49. The Labute approximate surface area is 781 Å². The Kier molecular flexibility index (Phi) is 37.8. The molecule has 13 aromatic rings. The summed E-state index contributed by atoms with van der Waals surface area (Å²) >= 11 is 0. The van der Waals surface area contributed by atoms with Gasteiger partial charge in [-0.1, -0.05) is 104 Å². The lowest BCUT2D eigenvalue weighted by Gasteiger charge is -2.22. The Bertz CT molecular complexity index is 6870. The molecule has 44 nitrogen and oxygen atoms in total. The number of nitrogens with two attached hydrogens (primary N) is 4. The van der Waals surface area contributed by atoms with E-state index in [1.807, 2.05) is 0 Å². The first kappa shape index (κ1) is 104. The highest BCUT2D eigenvalue weighted by Gasteiger charge is 2.35. The van der Waals surface area contributed by atoms with Crippen molar-refractivity contribution in [3.05, 3.63) is 258 Å². The summed E-state index contributed by atoms with van der Waals surface area (Å²) in [4.78, 5) is 138. The Morgan fingerprint density at radius 3 is 0.964 bits per heavy atom. The fourth-order valence-electron chi connectivity index (χ4n) is 13.2. The van der Waals surface area contributed by atoms with Crippen molar-refractivity contribution in [2.75, 3.05) is 101 Å². The number of carbonyl (C=O) groups is 4. The molecule has 8 aromatic heterocycles. The summed E-state index contributed by atoms with van der Waals surface area (Å²) in [5.41, 5.74) is 24.3. The number of aromatic nitrogens is 16. The number of hydrogen-bond donors (Lipinski definition) is 8. The van der Waals surface area contributed by atoms with Gasteiger partial charge in [0.1, 0.15) is 75.1 Å². The number of anilines is 4. The topological polar surface area (TPSA) is 606 Å². The maximum Gasteiger partial charge on any atom is 0.356 e. The smallest absolute Gasteiger partial charge is 0.356 e. The molecule has 2 saturated carbocycles. The van der Waals surface area contributed by atoms with Gasteiger partial charge in [-0.15, -0.1) is 6.58 Å². The van der Waals surface area contributed by atoms with Crippen LogP contribution in [0.15, 0.2) is 185 Å². The Hall–Kier alpha value is -12.7. The highest BCUT2D eigenvalue weighted by atomic mass is 31.2. The number of carbonyl (C=O) groups excluding carboxylic acids is 4. The van der Waals surface area contributed by atoms with Crippen LogP contribution in [0.4, 0.5) is 41.4 Å². The Morgan fingerprint density at radius 1 is 0.384 bits per heavy atom. The van der Waals surface area contributed by atoms with Crippen molar-refractivity contribution < 1.29 is 110 Å². The van der Waals surface area contributed by atoms with Gasteiger partial charge in [-0.2, -0.15) is 19.9 Å². The number of halogens is 4. The molecule has 0 radical (unpaired) electrons. The number of ether oxygens (including phenoxy) is 4. The van der Waals surface area contributed by atoms with Crippen LogP contribution >= 0.6 is 30.4 Å². The summed E-state index contributed by atoms with van der Waals surface area (Å²) in [5.74, 6) is -3.15. The number of H-pyrrole nitrogens is 4. The van der Waals surface area contributed by atoms with Crippen LogP contribution in [0.25, 0.3) is 44.7 Å². The molecule has 0 saturated heterocycles. The van der Waals surface area contributed by atoms with E-state index in [9.17, 15) is 74.2 Å². The first-order chi connectivity index (χ1) is 66.3. The summed E-state index contributed by atoms with van der Waals surface area (Å²) in [6, 6.07) is 31.0. The van der Waals surface area contributed by atoms with Crippen LogP contribution in [0.3, 0.4) is 0 Å². The molecule has 4 atom stereocenters. The summed E-state index contributed by atoms with van der Waals surface area (Å²) in [5, 5.41) is 0. The van der Waals surface area contributed by atoms with Crippen LogP contribution < -0.4 is 45.2 Å². The lowest BCUT2D eigenvalue weighted by atomic mass is 9.86. The SMILES string of the molecule is C=CCC(=O)COP(=O)(COCCn1cnc2c(=O)[nH]c(N)nc21)OCc1cccc(F)c1.Nc1nc2c(ncn2CCOCP(=O)(OCC(=O)C2CC2)OCc2cccc(F)c2)c(=O)[nH]1.Nc1nc2c(ncn2CCOCP(=O)(OCC(=O)C2CCCCC2)OCc2cccc(F)c2)c(=O)[nH]1.Nc1nc2c(ncn2CCOCP(=O)(OCC(=O)c2ccccc2)OCc2cccc(F)c2)c(=O)[nH]1. The van der Waals surface area contributed by atoms with Gasteiger partial charge in [-0.05, 0) is 96.5 Å². The summed E-state index contributed by atoms with van der Waals surface area (Å²) in [6.07, 6.45) is 11.6. The number of nitrogens with one attached hydrogen (secondary N) is 4. The van der Waals surface area contributed by atoms with E-state index in [0.29, 0.717) is 33.5 Å². The van der Waals surface area contributed by atoms with Gasteiger partial charge in [0, 0.05) is 50.0 Å². The molecule has 138 heavy (non-hydrogen) atoms. The average molecular weight is 2000 g/mol. The lowest BCUT2D eigenvalue weighted by Crippen LogP contribution is -2.22. The second kappa shape index (κ2) is 50.0. The molecular weight excluding hydrogens is 1900 g/mol. The third-order valence-electron chi connectivity index (χ3n) is 20.3. The number of benzene rings is 5. The number of hydrogen-bond acceptors (Lipinski definition) is 36. The quantitative estimate of drug-likeness (QED) is 0.00577. The summed E-state index contributed by atoms with van der Waals surface area (Å²) in [7, 11) is -15.5. The number of aromatic amines is 4. The van der Waals surface area contributed by atoms with Crippen molar-refractivity contribution in [1.29, 1.82) is 0 Å². The molecule has 0 spiro atoms. The fourth-order valence-corrected chi connectivity index (χ4v) is 18.2. The van der Waals surface area contributed by atoms with Crippen LogP contribution in [-0.2, 0) is 140 Å². The van der Waals surface area contributed by atoms with E-state index in [4.69, 9.17) is 78.1 Å². The van der Waals surface area contributed by atoms with E-state index in [-0.39, 0.29) is 196 Å². The van der Waals surface area contributed by atoms with E-state index < -0.39 is 114 Å². The third kappa shape index (κ3) is 31.7. The van der Waals surface area contributed by atoms with Crippen LogP contribution in [0, 0.1) is 35.1 Å². The van der Waals surface area contributed by atoms with Crippen LogP contribution in [-0.4, -0.2) is 179 Å². The predicted octanol–water partition coefficient (Wildman–Crippen LogP) is 11.1. The van der Waals surface area contributed by atoms with E-state index >= 15 is 0 Å².